The summed E-state index contributed by atoms with van der Waals surface area (Å²) in [6.07, 6.45) is 2.35. The summed E-state index contributed by atoms with van der Waals surface area (Å²) in [6, 6.07) is 20.4. The number of halogens is 1. The smallest absolute Gasteiger partial charge is 0.221 e. The molecule has 0 fully saturated rings. The van der Waals surface area contributed by atoms with E-state index in [1.54, 1.807) is 33.5 Å². The average Bonchev–Trinajstić information content (AvgIpc) is 3.26. The lowest BCUT2D eigenvalue weighted by Crippen LogP contribution is -2.28. The molecule has 1 aromatic heterocycles. The molecule has 1 amide bonds. The minimum Gasteiger partial charge on any atom is -0.493 e. The standard InChI is InChI=1S/C29H31FN2O4/c1-34-15-14-31-29(33)17-24(21-10-13-27(35-2)28(16-21)36-3)25-19-32(26-7-5-4-6-23(25)26)18-20-8-11-22(30)12-9-20/h4-13,16,19,24H,14-15,17-18H2,1-3H3,(H,31,33)/t24-/m0/s1. The van der Waals surface area contributed by atoms with Crippen LogP contribution < -0.4 is 14.8 Å². The van der Waals surface area contributed by atoms with Crippen LogP contribution >= 0.6 is 0 Å². The maximum atomic E-state index is 13.5. The van der Waals surface area contributed by atoms with Gasteiger partial charge in [0.2, 0.25) is 5.91 Å². The summed E-state index contributed by atoms with van der Waals surface area (Å²) >= 11 is 0. The zero-order valence-corrected chi connectivity index (χ0v) is 20.8. The Morgan fingerprint density at radius 3 is 2.44 bits per heavy atom. The number of aromatic nitrogens is 1. The molecule has 188 valence electrons. The average molecular weight is 491 g/mol. The zero-order valence-electron chi connectivity index (χ0n) is 20.8. The maximum Gasteiger partial charge on any atom is 0.221 e. The molecular formula is C29H31FN2O4. The minimum absolute atomic E-state index is 0.0674. The van der Waals surface area contributed by atoms with E-state index in [0.29, 0.717) is 31.2 Å². The molecule has 4 rings (SSSR count). The Bertz CT molecular complexity index is 1320. The molecule has 0 spiro atoms. The Hall–Kier alpha value is -3.84. The van der Waals surface area contributed by atoms with Crippen LogP contribution in [-0.4, -0.2) is 45.0 Å². The van der Waals surface area contributed by atoms with Gasteiger partial charge in [-0.25, -0.2) is 4.39 Å². The van der Waals surface area contributed by atoms with Crippen LogP contribution in [0.25, 0.3) is 10.9 Å². The van der Waals surface area contributed by atoms with Crippen molar-refractivity contribution >= 4 is 16.8 Å². The second-order valence-corrected chi connectivity index (χ2v) is 8.57. The Balaban J connectivity index is 1.78. The zero-order chi connectivity index (χ0) is 25.5. The molecule has 0 aliphatic heterocycles. The van der Waals surface area contributed by atoms with Crippen LogP contribution in [-0.2, 0) is 16.1 Å². The summed E-state index contributed by atoms with van der Waals surface area (Å²) in [5.41, 5.74) is 4.01. The second kappa shape index (κ2) is 11.7. The van der Waals surface area contributed by atoms with Crippen LogP contribution in [0.3, 0.4) is 0 Å². The second-order valence-electron chi connectivity index (χ2n) is 8.57. The van der Waals surface area contributed by atoms with Gasteiger partial charge in [0, 0.05) is 49.6 Å². The largest absolute Gasteiger partial charge is 0.493 e. The fourth-order valence-corrected chi connectivity index (χ4v) is 4.50. The van der Waals surface area contributed by atoms with Crippen LogP contribution in [0, 0.1) is 5.82 Å². The molecular weight excluding hydrogens is 459 g/mol. The van der Waals surface area contributed by atoms with Crippen molar-refractivity contribution < 1.29 is 23.4 Å². The van der Waals surface area contributed by atoms with E-state index < -0.39 is 0 Å². The van der Waals surface area contributed by atoms with Gasteiger partial charge in [0.15, 0.2) is 11.5 Å². The molecule has 7 heteroatoms. The molecule has 0 aliphatic carbocycles. The topological polar surface area (TPSA) is 61.7 Å². The number of rotatable bonds is 11. The third-order valence-corrected chi connectivity index (χ3v) is 6.29. The lowest BCUT2D eigenvalue weighted by Gasteiger charge is -2.19. The van der Waals surface area contributed by atoms with Crippen LogP contribution in [0.1, 0.15) is 29.0 Å². The Morgan fingerprint density at radius 2 is 1.72 bits per heavy atom. The van der Waals surface area contributed by atoms with E-state index in [2.05, 4.69) is 28.2 Å². The van der Waals surface area contributed by atoms with Crippen molar-refractivity contribution in [2.75, 3.05) is 34.5 Å². The van der Waals surface area contributed by atoms with Crippen molar-refractivity contribution in [2.24, 2.45) is 0 Å². The van der Waals surface area contributed by atoms with Crippen LogP contribution in [0.5, 0.6) is 11.5 Å². The van der Waals surface area contributed by atoms with E-state index in [1.165, 1.54) is 12.1 Å². The van der Waals surface area contributed by atoms with E-state index in [9.17, 15) is 9.18 Å². The fourth-order valence-electron chi connectivity index (χ4n) is 4.50. The lowest BCUT2D eigenvalue weighted by molar-refractivity contribution is -0.121. The van der Waals surface area contributed by atoms with E-state index in [-0.39, 0.29) is 24.1 Å². The fraction of sp³-hybridized carbons (Fsp3) is 0.276. The van der Waals surface area contributed by atoms with Gasteiger partial charge in [-0.05, 0) is 47.0 Å². The molecule has 36 heavy (non-hydrogen) atoms. The number of hydrogen-bond donors (Lipinski definition) is 1. The monoisotopic (exact) mass is 490 g/mol. The van der Waals surface area contributed by atoms with Crippen LogP contribution in [0.15, 0.2) is 72.9 Å². The van der Waals surface area contributed by atoms with Crippen molar-refractivity contribution in [3.63, 3.8) is 0 Å². The first-order valence-electron chi connectivity index (χ1n) is 11.8. The number of nitrogens with one attached hydrogen (secondary N) is 1. The van der Waals surface area contributed by atoms with Crippen LogP contribution in [0.2, 0.25) is 0 Å². The molecule has 1 N–H and O–H groups in total. The number of carbonyl (C=O) groups excluding carboxylic acids is 1. The third-order valence-electron chi connectivity index (χ3n) is 6.29. The van der Waals surface area contributed by atoms with Gasteiger partial charge in [-0.2, -0.15) is 0 Å². The summed E-state index contributed by atoms with van der Waals surface area (Å²) in [5.74, 6) is 0.678. The van der Waals surface area contributed by atoms with Gasteiger partial charge in [0.1, 0.15) is 5.82 Å². The predicted octanol–water partition coefficient (Wildman–Crippen LogP) is 5.13. The molecule has 1 heterocycles. The molecule has 0 unspecified atom stereocenters. The number of nitrogens with zero attached hydrogens (tertiary/aromatic N) is 1. The van der Waals surface area contributed by atoms with Gasteiger partial charge < -0.3 is 24.1 Å². The van der Waals surface area contributed by atoms with Crippen LogP contribution in [0.4, 0.5) is 4.39 Å². The highest BCUT2D eigenvalue weighted by Gasteiger charge is 2.24. The van der Waals surface area contributed by atoms with Gasteiger partial charge in [-0.15, -0.1) is 0 Å². The number of hydrogen-bond acceptors (Lipinski definition) is 4. The van der Waals surface area contributed by atoms with Crippen molar-refractivity contribution in [2.45, 2.75) is 18.9 Å². The molecule has 0 aliphatic rings. The number of carbonyl (C=O) groups is 1. The summed E-state index contributed by atoms with van der Waals surface area (Å²) in [6.45, 7) is 1.48. The SMILES string of the molecule is COCCNC(=O)C[C@@H](c1ccc(OC)c(OC)c1)c1cn(Cc2ccc(F)cc2)c2ccccc12. The number of fused-ring (bicyclic) bond motifs is 1. The van der Waals surface area contributed by atoms with E-state index >= 15 is 0 Å². The highest BCUT2D eigenvalue weighted by atomic mass is 19.1. The molecule has 3 aromatic carbocycles. The molecule has 1 atom stereocenters. The highest BCUT2D eigenvalue weighted by Crippen LogP contribution is 2.38. The minimum atomic E-state index is -0.259. The normalized spacial score (nSPS) is 11.9. The number of amides is 1. The van der Waals surface area contributed by atoms with Gasteiger partial charge in [0.05, 0.1) is 20.8 Å². The summed E-state index contributed by atoms with van der Waals surface area (Å²) in [4.78, 5) is 13.0. The maximum absolute atomic E-state index is 13.5. The quantitative estimate of drug-likeness (QED) is 0.296. The number of methoxy groups -OCH3 is 3. The Kier molecular flexibility index (Phi) is 8.23. The van der Waals surface area contributed by atoms with Crippen molar-refractivity contribution in [3.05, 3.63) is 95.4 Å². The first kappa shape index (κ1) is 25.3. The molecule has 0 saturated carbocycles. The number of benzene rings is 3. The first-order chi connectivity index (χ1) is 17.5. The highest BCUT2D eigenvalue weighted by molar-refractivity contribution is 5.87. The van der Waals surface area contributed by atoms with Crippen molar-refractivity contribution in [3.8, 4) is 11.5 Å². The van der Waals surface area contributed by atoms with Gasteiger partial charge >= 0.3 is 0 Å². The van der Waals surface area contributed by atoms with E-state index in [1.807, 2.05) is 30.3 Å². The Morgan fingerprint density at radius 1 is 0.972 bits per heavy atom. The van der Waals surface area contributed by atoms with E-state index in [4.69, 9.17) is 14.2 Å². The van der Waals surface area contributed by atoms with Gasteiger partial charge in [0.25, 0.3) is 0 Å². The lowest BCUT2D eigenvalue weighted by atomic mass is 9.87. The Labute approximate surface area is 210 Å². The van der Waals surface area contributed by atoms with Gasteiger partial charge in [-0.1, -0.05) is 36.4 Å². The molecule has 4 aromatic rings. The summed E-state index contributed by atoms with van der Waals surface area (Å²) < 4.78 is 31.6. The number of para-hydroxylation sites is 1. The van der Waals surface area contributed by atoms with E-state index in [0.717, 1.165) is 27.6 Å². The molecule has 0 bridgehead atoms. The first-order valence-corrected chi connectivity index (χ1v) is 11.8. The van der Waals surface area contributed by atoms with Gasteiger partial charge in [-0.3, -0.25) is 4.79 Å². The third kappa shape index (κ3) is 5.69. The predicted molar refractivity (Wildman–Crippen MR) is 138 cm³/mol. The van der Waals surface area contributed by atoms with Crippen molar-refractivity contribution in [1.29, 1.82) is 0 Å². The molecule has 0 radical (unpaired) electrons. The summed E-state index contributed by atoms with van der Waals surface area (Å²) in [7, 11) is 4.80. The van der Waals surface area contributed by atoms with Crippen molar-refractivity contribution in [1.82, 2.24) is 9.88 Å². The molecule has 0 saturated heterocycles. The number of ether oxygens (including phenoxy) is 3. The summed E-state index contributed by atoms with van der Waals surface area (Å²) in [5, 5.41) is 4.00. The molecule has 6 nitrogen and oxygen atoms in total.